The Morgan fingerprint density at radius 2 is 2.10 bits per heavy atom. The van der Waals surface area contributed by atoms with Gasteiger partial charge in [0.05, 0.1) is 18.5 Å². The van der Waals surface area contributed by atoms with Gasteiger partial charge in [-0.15, -0.1) is 0 Å². The summed E-state index contributed by atoms with van der Waals surface area (Å²) in [5.74, 6) is 0.589. The molecule has 1 rings (SSSR count). The third-order valence-electron chi connectivity index (χ3n) is 2.92. The van der Waals surface area contributed by atoms with Crippen molar-refractivity contribution >= 4 is 11.6 Å². The van der Waals surface area contributed by atoms with E-state index in [1.165, 1.54) is 0 Å². The quantitative estimate of drug-likeness (QED) is 0.767. The van der Waals surface area contributed by atoms with Gasteiger partial charge < -0.3 is 15.4 Å². The molecule has 2 N–H and O–H groups in total. The summed E-state index contributed by atoms with van der Waals surface area (Å²) in [5.41, 5.74) is 0.805. The zero-order valence-corrected chi connectivity index (χ0v) is 12.8. The van der Waals surface area contributed by atoms with Crippen LogP contribution in [0.2, 0.25) is 0 Å². The number of pyridine rings is 1. The summed E-state index contributed by atoms with van der Waals surface area (Å²) < 4.78 is 5.27. The number of ether oxygens (including phenoxy) is 1. The SMILES string of the molecule is CCCC(C)NC(=O)C(C)Nc1ccc(OCC)nc1. The predicted molar refractivity (Wildman–Crippen MR) is 81.0 cm³/mol. The zero-order valence-electron chi connectivity index (χ0n) is 12.8. The normalized spacial score (nSPS) is 13.4. The van der Waals surface area contributed by atoms with Crippen molar-refractivity contribution in [2.75, 3.05) is 11.9 Å². The standard InChI is InChI=1S/C15H25N3O2/c1-5-7-11(3)17-15(19)12(4)18-13-8-9-14(16-10-13)20-6-2/h8-12,18H,5-7H2,1-4H3,(H,17,19). The highest BCUT2D eigenvalue weighted by Crippen LogP contribution is 2.12. The van der Waals surface area contributed by atoms with Crippen LogP contribution < -0.4 is 15.4 Å². The van der Waals surface area contributed by atoms with Crippen molar-refractivity contribution in [1.82, 2.24) is 10.3 Å². The summed E-state index contributed by atoms with van der Waals surface area (Å²) >= 11 is 0. The lowest BCUT2D eigenvalue weighted by Gasteiger charge is -2.18. The van der Waals surface area contributed by atoms with Gasteiger partial charge in [-0.05, 0) is 33.3 Å². The lowest BCUT2D eigenvalue weighted by Crippen LogP contribution is -2.42. The topological polar surface area (TPSA) is 63.2 Å². The maximum atomic E-state index is 12.0. The average molecular weight is 279 g/mol. The summed E-state index contributed by atoms with van der Waals surface area (Å²) in [5, 5.41) is 6.11. The Morgan fingerprint density at radius 3 is 2.65 bits per heavy atom. The van der Waals surface area contributed by atoms with Crippen molar-refractivity contribution in [2.24, 2.45) is 0 Å². The molecular weight excluding hydrogens is 254 g/mol. The lowest BCUT2D eigenvalue weighted by atomic mass is 10.2. The first-order valence-corrected chi connectivity index (χ1v) is 7.22. The molecule has 0 fully saturated rings. The molecule has 0 spiro atoms. The van der Waals surface area contributed by atoms with Crippen molar-refractivity contribution in [3.8, 4) is 5.88 Å². The van der Waals surface area contributed by atoms with E-state index in [9.17, 15) is 4.79 Å². The van der Waals surface area contributed by atoms with E-state index < -0.39 is 0 Å². The molecule has 0 saturated heterocycles. The Hall–Kier alpha value is -1.78. The highest BCUT2D eigenvalue weighted by Gasteiger charge is 2.14. The van der Waals surface area contributed by atoms with Crippen LogP contribution >= 0.6 is 0 Å². The van der Waals surface area contributed by atoms with E-state index in [4.69, 9.17) is 4.74 Å². The fourth-order valence-electron chi connectivity index (χ4n) is 1.89. The molecule has 0 saturated carbocycles. The number of hydrogen-bond donors (Lipinski definition) is 2. The van der Waals surface area contributed by atoms with Crippen LogP contribution in [0.5, 0.6) is 5.88 Å². The second kappa shape index (κ2) is 8.40. The van der Waals surface area contributed by atoms with Crippen molar-refractivity contribution in [1.29, 1.82) is 0 Å². The molecule has 0 aliphatic heterocycles. The third-order valence-corrected chi connectivity index (χ3v) is 2.92. The fourth-order valence-corrected chi connectivity index (χ4v) is 1.89. The van der Waals surface area contributed by atoms with Gasteiger partial charge in [-0.3, -0.25) is 4.79 Å². The molecule has 0 aliphatic rings. The van der Waals surface area contributed by atoms with Crippen molar-refractivity contribution in [3.05, 3.63) is 18.3 Å². The number of hydrogen-bond acceptors (Lipinski definition) is 4. The van der Waals surface area contributed by atoms with Crippen LogP contribution in [0.15, 0.2) is 18.3 Å². The van der Waals surface area contributed by atoms with Crippen LogP contribution in [0.3, 0.4) is 0 Å². The van der Waals surface area contributed by atoms with E-state index in [1.807, 2.05) is 26.8 Å². The first-order valence-electron chi connectivity index (χ1n) is 7.22. The van der Waals surface area contributed by atoms with Gasteiger partial charge >= 0.3 is 0 Å². The van der Waals surface area contributed by atoms with Gasteiger partial charge in [0, 0.05) is 12.1 Å². The van der Waals surface area contributed by atoms with Gasteiger partial charge in [-0.1, -0.05) is 13.3 Å². The zero-order chi connectivity index (χ0) is 15.0. The number of nitrogens with zero attached hydrogens (tertiary/aromatic N) is 1. The molecule has 1 aromatic heterocycles. The molecule has 20 heavy (non-hydrogen) atoms. The number of aromatic nitrogens is 1. The maximum absolute atomic E-state index is 12.0. The second-order valence-corrected chi connectivity index (χ2v) is 4.88. The van der Waals surface area contributed by atoms with Crippen molar-refractivity contribution in [2.45, 2.75) is 52.6 Å². The Kier molecular flexibility index (Phi) is 6.84. The van der Waals surface area contributed by atoms with Gasteiger partial charge in [0.15, 0.2) is 0 Å². The van der Waals surface area contributed by atoms with E-state index >= 15 is 0 Å². The molecule has 1 aromatic rings. The minimum atomic E-state index is -0.297. The summed E-state index contributed by atoms with van der Waals surface area (Å²) in [6.07, 6.45) is 3.72. The van der Waals surface area contributed by atoms with Gasteiger partial charge in [-0.25, -0.2) is 4.98 Å². The molecule has 0 aliphatic carbocycles. The van der Waals surface area contributed by atoms with E-state index in [2.05, 4.69) is 22.5 Å². The molecule has 0 bridgehead atoms. The fraction of sp³-hybridized carbons (Fsp3) is 0.600. The first-order chi connectivity index (χ1) is 9.56. The van der Waals surface area contributed by atoms with Crippen LogP contribution in [0.4, 0.5) is 5.69 Å². The van der Waals surface area contributed by atoms with Gasteiger partial charge in [-0.2, -0.15) is 0 Å². The Labute approximate surface area is 121 Å². The first kappa shape index (κ1) is 16.3. The second-order valence-electron chi connectivity index (χ2n) is 4.88. The Morgan fingerprint density at radius 1 is 1.35 bits per heavy atom. The minimum absolute atomic E-state index is 0.000153. The molecule has 5 nitrogen and oxygen atoms in total. The highest BCUT2D eigenvalue weighted by atomic mass is 16.5. The lowest BCUT2D eigenvalue weighted by molar-refractivity contribution is -0.122. The van der Waals surface area contributed by atoms with Crippen LogP contribution in [0, 0.1) is 0 Å². The molecule has 0 radical (unpaired) electrons. The highest BCUT2D eigenvalue weighted by molar-refractivity contribution is 5.84. The smallest absolute Gasteiger partial charge is 0.242 e. The number of anilines is 1. The Bertz CT molecular complexity index is 406. The minimum Gasteiger partial charge on any atom is -0.478 e. The van der Waals surface area contributed by atoms with Crippen LogP contribution in [0.1, 0.15) is 40.5 Å². The van der Waals surface area contributed by atoms with E-state index in [0.29, 0.717) is 12.5 Å². The summed E-state index contributed by atoms with van der Waals surface area (Å²) in [6, 6.07) is 3.55. The summed E-state index contributed by atoms with van der Waals surface area (Å²) in [4.78, 5) is 16.1. The van der Waals surface area contributed by atoms with Gasteiger partial charge in [0.25, 0.3) is 0 Å². The molecule has 112 valence electrons. The van der Waals surface area contributed by atoms with Crippen molar-refractivity contribution < 1.29 is 9.53 Å². The largest absolute Gasteiger partial charge is 0.478 e. The number of carbonyl (C=O) groups is 1. The average Bonchev–Trinajstić information content (AvgIpc) is 2.41. The number of rotatable bonds is 8. The third kappa shape index (κ3) is 5.47. The van der Waals surface area contributed by atoms with E-state index in [0.717, 1.165) is 18.5 Å². The van der Waals surface area contributed by atoms with Crippen molar-refractivity contribution in [3.63, 3.8) is 0 Å². The van der Waals surface area contributed by atoms with E-state index in [-0.39, 0.29) is 18.0 Å². The summed E-state index contributed by atoms with van der Waals surface area (Å²) in [6.45, 7) is 8.47. The number of nitrogens with one attached hydrogen (secondary N) is 2. The molecule has 1 amide bonds. The molecule has 1 heterocycles. The summed E-state index contributed by atoms with van der Waals surface area (Å²) in [7, 11) is 0. The maximum Gasteiger partial charge on any atom is 0.242 e. The molecular formula is C15H25N3O2. The van der Waals surface area contributed by atoms with E-state index in [1.54, 1.807) is 12.3 Å². The van der Waals surface area contributed by atoms with Gasteiger partial charge in [0.1, 0.15) is 6.04 Å². The molecule has 2 unspecified atom stereocenters. The molecule has 2 atom stereocenters. The van der Waals surface area contributed by atoms with Crippen LogP contribution in [-0.4, -0.2) is 29.6 Å². The van der Waals surface area contributed by atoms with Gasteiger partial charge in [0.2, 0.25) is 11.8 Å². The Balaban J connectivity index is 2.48. The molecule has 0 aromatic carbocycles. The van der Waals surface area contributed by atoms with Crippen LogP contribution in [0.25, 0.3) is 0 Å². The predicted octanol–water partition coefficient (Wildman–Crippen LogP) is 2.59. The molecule has 5 heteroatoms. The monoisotopic (exact) mass is 279 g/mol. The number of carbonyl (C=O) groups excluding carboxylic acids is 1. The number of amides is 1. The van der Waals surface area contributed by atoms with Crippen LogP contribution in [-0.2, 0) is 4.79 Å².